The Bertz CT molecular complexity index is 649. The topological polar surface area (TPSA) is 123 Å². The largest absolute Gasteiger partial charge is 0.506 e. The van der Waals surface area contributed by atoms with Crippen LogP contribution in [0.3, 0.4) is 0 Å². The second-order valence-electron chi connectivity index (χ2n) is 5.66. The van der Waals surface area contributed by atoms with Crippen LogP contribution in [0.1, 0.15) is 25.5 Å². The van der Waals surface area contributed by atoms with Gasteiger partial charge in [-0.2, -0.15) is 0 Å². The number of ether oxygens (including phenoxy) is 3. The molecule has 9 heteroatoms. The molecule has 0 unspecified atom stereocenters. The summed E-state index contributed by atoms with van der Waals surface area (Å²) in [6, 6.07) is 4.21. The maximum absolute atomic E-state index is 11.3. The molecule has 0 radical (unpaired) electrons. The van der Waals surface area contributed by atoms with Crippen molar-refractivity contribution in [3.63, 3.8) is 0 Å². The number of carbonyl (C=O) groups excluding carboxylic acids is 2. The number of rotatable bonds is 4. The molecule has 0 aliphatic carbocycles. The third-order valence-electron chi connectivity index (χ3n) is 3.74. The fourth-order valence-corrected chi connectivity index (χ4v) is 2.71. The Morgan fingerprint density at radius 3 is 2.44 bits per heavy atom. The van der Waals surface area contributed by atoms with E-state index in [-0.39, 0.29) is 17.4 Å². The molecule has 0 amide bonds. The summed E-state index contributed by atoms with van der Waals surface area (Å²) in [5.74, 6) is -1.48. The summed E-state index contributed by atoms with van der Waals surface area (Å²) < 4.78 is 15.6. The van der Waals surface area contributed by atoms with Gasteiger partial charge in [0, 0.05) is 13.8 Å². The SMILES string of the molecule is CC(=O)OC[C@H]1O[C@H](c2ccc(Cl)c(O)c2)[C@@H](O)[C@@H](O)[C@H]1OC(C)=O. The van der Waals surface area contributed by atoms with Crippen LogP contribution in [0, 0.1) is 0 Å². The Kier molecular flexibility index (Phi) is 6.23. The molecule has 1 fully saturated rings. The van der Waals surface area contributed by atoms with E-state index >= 15 is 0 Å². The van der Waals surface area contributed by atoms with Crippen molar-refractivity contribution in [3.8, 4) is 5.75 Å². The zero-order chi connectivity index (χ0) is 18.7. The summed E-state index contributed by atoms with van der Waals surface area (Å²) in [4.78, 5) is 22.3. The van der Waals surface area contributed by atoms with Crippen molar-refractivity contribution < 1.29 is 39.1 Å². The van der Waals surface area contributed by atoms with Gasteiger partial charge in [0.15, 0.2) is 6.10 Å². The number of phenolic OH excluding ortho intramolecular Hbond substituents is 1. The Morgan fingerprint density at radius 2 is 1.88 bits per heavy atom. The van der Waals surface area contributed by atoms with Gasteiger partial charge in [-0.3, -0.25) is 9.59 Å². The van der Waals surface area contributed by atoms with Crippen LogP contribution < -0.4 is 0 Å². The number of halogens is 1. The standard InChI is InChI=1S/C16H19ClO8/c1-7(18)23-6-12-16(24-8(2)19)14(22)13(21)15(25-12)9-3-4-10(17)11(20)5-9/h3-5,12-16,20-22H,6H2,1-2H3/t12-,13+,14-,15-,16+/m1/s1. The van der Waals surface area contributed by atoms with Crippen LogP contribution in [0.15, 0.2) is 18.2 Å². The number of aromatic hydroxyl groups is 1. The molecule has 0 aromatic heterocycles. The minimum absolute atomic E-state index is 0.115. The molecule has 1 saturated heterocycles. The van der Waals surface area contributed by atoms with E-state index in [2.05, 4.69) is 0 Å². The van der Waals surface area contributed by atoms with Crippen molar-refractivity contribution in [2.24, 2.45) is 0 Å². The molecule has 2 rings (SSSR count). The minimum Gasteiger partial charge on any atom is -0.506 e. The molecular formula is C16H19ClO8. The summed E-state index contributed by atoms with van der Waals surface area (Å²) in [5.41, 5.74) is 0.350. The van der Waals surface area contributed by atoms with Gasteiger partial charge in [-0.25, -0.2) is 0 Å². The number of carbonyl (C=O) groups is 2. The van der Waals surface area contributed by atoms with Gasteiger partial charge in [0.25, 0.3) is 0 Å². The molecular weight excluding hydrogens is 356 g/mol. The van der Waals surface area contributed by atoms with E-state index in [0.29, 0.717) is 5.56 Å². The van der Waals surface area contributed by atoms with E-state index in [4.69, 9.17) is 25.8 Å². The van der Waals surface area contributed by atoms with Gasteiger partial charge in [-0.05, 0) is 17.7 Å². The summed E-state index contributed by atoms with van der Waals surface area (Å²) in [7, 11) is 0. The molecule has 0 bridgehead atoms. The highest BCUT2D eigenvalue weighted by Crippen LogP contribution is 2.36. The van der Waals surface area contributed by atoms with Gasteiger partial charge in [0.1, 0.15) is 36.8 Å². The number of esters is 2. The Hall–Kier alpha value is -1.87. The molecule has 3 N–H and O–H groups in total. The van der Waals surface area contributed by atoms with Crippen molar-refractivity contribution in [3.05, 3.63) is 28.8 Å². The third kappa shape index (κ3) is 4.60. The van der Waals surface area contributed by atoms with E-state index < -0.39 is 42.5 Å². The molecule has 1 aliphatic rings. The fourth-order valence-electron chi connectivity index (χ4n) is 2.59. The lowest BCUT2D eigenvalue weighted by molar-refractivity contribution is -0.242. The lowest BCUT2D eigenvalue weighted by atomic mass is 9.91. The second-order valence-corrected chi connectivity index (χ2v) is 6.07. The highest BCUT2D eigenvalue weighted by Gasteiger charge is 2.47. The van der Waals surface area contributed by atoms with E-state index in [1.807, 2.05) is 0 Å². The number of aliphatic hydroxyl groups excluding tert-OH is 2. The van der Waals surface area contributed by atoms with Crippen molar-refractivity contribution in [2.75, 3.05) is 6.61 Å². The maximum atomic E-state index is 11.3. The summed E-state index contributed by atoms with van der Waals surface area (Å²) in [6.07, 6.45) is -6.21. The zero-order valence-corrected chi connectivity index (χ0v) is 14.3. The first-order chi connectivity index (χ1) is 11.7. The summed E-state index contributed by atoms with van der Waals surface area (Å²) in [5, 5.41) is 30.5. The van der Waals surface area contributed by atoms with Gasteiger partial charge in [-0.1, -0.05) is 17.7 Å². The summed E-state index contributed by atoms with van der Waals surface area (Å²) in [6.45, 7) is 2.06. The van der Waals surface area contributed by atoms with Gasteiger partial charge in [0.05, 0.1) is 5.02 Å². The highest BCUT2D eigenvalue weighted by molar-refractivity contribution is 6.32. The van der Waals surface area contributed by atoms with Crippen LogP contribution in [0.4, 0.5) is 0 Å². The number of hydrogen-bond acceptors (Lipinski definition) is 8. The maximum Gasteiger partial charge on any atom is 0.303 e. The lowest BCUT2D eigenvalue weighted by Crippen LogP contribution is -2.57. The first kappa shape index (κ1) is 19.5. The van der Waals surface area contributed by atoms with Crippen molar-refractivity contribution >= 4 is 23.5 Å². The molecule has 1 aromatic rings. The van der Waals surface area contributed by atoms with Crippen LogP contribution in [0.5, 0.6) is 5.75 Å². The van der Waals surface area contributed by atoms with E-state index in [0.717, 1.165) is 6.92 Å². The number of phenols is 1. The van der Waals surface area contributed by atoms with Crippen molar-refractivity contribution in [1.82, 2.24) is 0 Å². The average Bonchev–Trinajstić information content (AvgIpc) is 2.53. The van der Waals surface area contributed by atoms with E-state index in [1.54, 1.807) is 0 Å². The molecule has 1 aromatic carbocycles. The Balaban J connectivity index is 2.28. The molecule has 0 saturated carbocycles. The van der Waals surface area contributed by atoms with Crippen LogP contribution in [0.2, 0.25) is 5.02 Å². The number of hydrogen-bond donors (Lipinski definition) is 3. The first-order valence-electron chi connectivity index (χ1n) is 7.51. The molecule has 25 heavy (non-hydrogen) atoms. The van der Waals surface area contributed by atoms with Crippen LogP contribution >= 0.6 is 11.6 Å². The number of aliphatic hydroxyl groups is 2. The lowest BCUT2D eigenvalue weighted by Gasteiger charge is -2.42. The molecule has 1 aliphatic heterocycles. The molecule has 1 heterocycles. The monoisotopic (exact) mass is 374 g/mol. The van der Waals surface area contributed by atoms with Crippen LogP contribution in [0.25, 0.3) is 0 Å². The molecule has 0 spiro atoms. The highest BCUT2D eigenvalue weighted by atomic mass is 35.5. The van der Waals surface area contributed by atoms with E-state index in [1.165, 1.54) is 25.1 Å². The predicted molar refractivity (Wildman–Crippen MR) is 84.9 cm³/mol. The average molecular weight is 375 g/mol. The molecule has 5 atom stereocenters. The second kappa shape index (κ2) is 8.01. The van der Waals surface area contributed by atoms with Gasteiger partial charge in [0.2, 0.25) is 0 Å². The van der Waals surface area contributed by atoms with Crippen LogP contribution in [-0.4, -0.2) is 58.3 Å². The first-order valence-corrected chi connectivity index (χ1v) is 7.89. The zero-order valence-electron chi connectivity index (χ0n) is 13.6. The van der Waals surface area contributed by atoms with E-state index in [9.17, 15) is 24.9 Å². The summed E-state index contributed by atoms with van der Waals surface area (Å²) >= 11 is 5.76. The third-order valence-corrected chi connectivity index (χ3v) is 4.06. The smallest absolute Gasteiger partial charge is 0.303 e. The molecule has 138 valence electrons. The van der Waals surface area contributed by atoms with Gasteiger partial charge < -0.3 is 29.5 Å². The normalized spacial score (nSPS) is 29.1. The van der Waals surface area contributed by atoms with Gasteiger partial charge in [-0.15, -0.1) is 0 Å². The number of benzene rings is 1. The quantitative estimate of drug-likeness (QED) is 0.658. The molecule has 8 nitrogen and oxygen atoms in total. The van der Waals surface area contributed by atoms with Crippen LogP contribution in [-0.2, 0) is 23.8 Å². The van der Waals surface area contributed by atoms with Crippen molar-refractivity contribution in [2.45, 2.75) is 44.4 Å². The predicted octanol–water partition coefficient (Wildman–Crippen LogP) is 0.702. The fraction of sp³-hybridized carbons (Fsp3) is 0.500. The Morgan fingerprint density at radius 1 is 1.20 bits per heavy atom. The van der Waals surface area contributed by atoms with Gasteiger partial charge >= 0.3 is 11.9 Å². The van der Waals surface area contributed by atoms with Crippen molar-refractivity contribution in [1.29, 1.82) is 0 Å². The minimum atomic E-state index is -1.49. The Labute approximate surface area is 148 Å².